The minimum Gasteiger partial charge on any atom is -0.500 e. The van der Waals surface area contributed by atoms with Crippen molar-refractivity contribution in [3.05, 3.63) is 56.4 Å². The monoisotopic (exact) mass is 388 g/mol. The number of nitro benzene ring substituents is 1. The summed E-state index contributed by atoms with van der Waals surface area (Å²) in [4.78, 5) is 37.7. The summed E-state index contributed by atoms with van der Waals surface area (Å²) in [5.74, 6) is -1.62. The van der Waals surface area contributed by atoms with Gasteiger partial charge in [-0.05, 0) is 44.0 Å². The molecule has 0 aliphatic rings. The summed E-state index contributed by atoms with van der Waals surface area (Å²) in [7, 11) is 1.26. The first-order valence-corrected chi connectivity index (χ1v) is 8.35. The SMILES string of the molecule is CCOC(=O)c1[nH]c(C)c(C(=O)/C=C/c2cc(OC)c(O)c([N+](=O)[O-])c2)c1C. The summed E-state index contributed by atoms with van der Waals surface area (Å²) in [6.45, 7) is 5.18. The molecule has 1 aromatic heterocycles. The number of H-pyrrole nitrogens is 1. The van der Waals surface area contributed by atoms with Crippen LogP contribution in [0.2, 0.25) is 0 Å². The van der Waals surface area contributed by atoms with E-state index in [4.69, 9.17) is 9.47 Å². The highest BCUT2D eigenvalue weighted by molar-refractivity contribution is 6.10. The maximum absolute atomic E-state index is 12.6. The number of aromatic hydroxyl groups is 1. The standard InChI is InChI=1S/C19H20N2O7/c1-5-28-19(24)17-10(2)16(11(3)20-17)14(22)7-6-12-8-13(21(25)26)18(23)15(9-12)27-4/h6-9,20,23H,5H2,1-4H3/b7-6+. The second-order valence-corrected chi connectivity index (χ2v) is 5.89. The number of esters is 1. The van der Waals surface area contributed by atoms with Crippen molar-refractivity contribution in [1.82, 2.24) is 4.98 Å². The highest BCUT2D eigenvalue weighted by Crippen LogP contribution is 2.37. The quantitative estimate of drug-likeness (QED) is 0.244. The van der Waals surface area contributed by atoms with E-state index in [1.165, 1.54) is 25.3 Å². The number of carbonyl (C=O) groups is 2. The molecule has 0 spiro atoms. The first-order valence-electron chi connectivity index (χ1n) is 8.35. The Hall–Kier alpha value is -3.62. The van der Waals surface area contributed by atoms with Gasteiger partial charge in [0, 0.05) is 17.3 Å². The third kappa shape index (κ3) is 4.03. The van der Waals surface area contributed by atoms with E-state index in [-0.39, 0.29) is 18.1 Å². The van der Waals surface area contributed by atoms with Gasteiger partial charge < -0.3 is 19.6 Å². The van der Waals surface area contributed by atoms with Crippen molar-refractivity contribution in [3.8, 4) is 11.5 Å². The van der Waals surface area contributed by atoms with Gasteiger partial charge >= 0.3 is 11.7 Å². The van der Waals surface area contributed by atoms with Crippen LogP contribution in [0.1, 0.15) is 44.6 Å². The van der Waals surface area contributed by atoms with E-state index in [2.05, 4.69) is 4.98 Å². The van der Waals surface area contributed by atoms with E-state index in [0.717, 1.165) is 6.07 Å². The Bertz CT molecular complexity index is 973. The van der Waals surface area contributed by atoms with Crippen molar-refractivity contribution in [2.75, 3.05) is 13.7 Å². The fourth-order valence-electron chi connectivity index (χ4n) is 2.79. The minimum atomic E-state index is -0.747. The van der Waals surface area contributed by atoms with E-state index >= 15 is 0 Å². The van der Waals surface area contributed by atoms with Gasteiger partial charge in [0.2, 0.25) is 5.75 Å². The van der Waals surface area contributed by atoms with Crippen molar-refractivity contribution in [2.45, 2.75) is 20.8 Å². The molecule has 1 aromatic carbocycles. The van der Waals surface area contributed by atoms with Crippen molar-refractivity contribution in [3.63, 3.8) is 0 Å². The molecule has 2 aromatic rings. The molecule has 9 heteroatoms. The number of carbonyl (C=O) groups excluding carboxylic acids is 2. The maximum atomic E-state index is 12.6. The van der Waals surface area contributed by atoms with Crippen LogP contribution in [0.5, 0.6) is 11.5 Å². The van der Waals surface area contributed by atoms with Crippen molar-refractivity contribution in [2.24, 2.45) is 0 Å². The number of methoxy groups -OCH3 is 1. The van der Waals surface area contributed by atoms with Crippen LogP contribution in [-0.2, 0) is 4.74 Å². The number of ether oxygens (including phenoxy) is 2. The molecule has 0 atom stereocenters. The number of hydrogen-bond donors (Lipinski definition) is 2. The van der Waals surface area contributed by atoms with Crippen molar-refractivity contribution >= 4 is 23.5 Å². The van der Waals surface area contributed by atoms with Gasteiger partial charge in [0.15, 0.2) is 11.5 Å². The zero-order chi connectivity index (χ0) is 21.0. The average molecular weight is 388 g/mol. The number of aromatic nitrogens is 1. The molecule has 1 heterocycles. The zero-order valence-electron chi connectivity index (χ0n) is 15.9. The Balaban J connectivity index is 2.38. The average Bonchev–Trinajstić information content (AvgIpc) is 2.94. The molecule has 0 saturated carbocycles. The van der Waals surface area contributed by atoms with E-state index in [1.807, 2.05) is 0 Å². The predicted octanol–water partition coefficient (Wildman–Crippen LogP) is 3.33. The Morgan fingerprint density at radius 1 is 1.32 bits per heavy atom. The van der Waals surface area contributed by atoms with Gasteiger partial charge in [-0.25, -0.2) is 4.79 Å². The second kappa shape index (κ2) is 8.38. The van der Waals surface area contributed by atoms with Gasteiger partial charge in [-0.3, -0.25) is 14.9 Å². The van der Waals surface area contributed by atoms with Crippen LogP contribution in [0.25, 0.3) is 6.08 Å². The van der Waals surface area contributed by atoms with E-state index in [9.17, 15) is 24.8 Å². The lowest BCUT2D eigenvalue weighted by molar-refractivity contribution is -0.386. The topological polar surface area (TPSA) is 132 Å². The van der Waals surface area contributed by atoms with Gasteiger partial charge in [-0.15, -0.1) is 0 Å². The molecule has 0 fully saturated rings. The second-order valence-electron chi connectivity index (χ2n) is 5.89. The van der Waals surface area contributed by atoms with Crippen molar-refractivity contribution < 1.29 is 29.1 Å². The third-order valence-electron chi connectivity index (χ3n) is 4.08. The number of phenols is 1. The summed E-state index contributed by atoms with van der Waals surface area (Å²) in [6.07, 6.45) is 2.60. The minimum absolute atomic E-state index is 0.0834. The molecular weight excluding hydrogens is 368 g/mol. The number of nitro groups is 1. The van der Waals surface area contributed by atoms with Crippen LogP contribution in [0.15, 0.2) is 18.2 Å². The number of nitrogens with one attached hydrogen (secondary N) is 1. The molecule has 0 saturated heterocycles. The Morgan fingerprint density at radius 2 is 2.00 bits per heavy atom. The Labute approximate surface area is 160 Å². The Morgan fingerprint density at radius 3 is 2.57 bits per heavy atom. The van der Waals surface area contributed by atoms with Crippen LogP contribution in [-0.4, -0.2) is 40.5 Å². The van der Waals surface area contributed by atoms with Gasteiger partial charge in [0.05, 0.1) is 18.6 Å². The number of benzene rings is 1. The molecule has 0 bridgehead atoms. The molecular formula is C19H20N2O7. The summed E-state index contributed by atoms with van der Waals surface area (Å²) < 4.78 is 9.89. The lowest BCUT2D eigenvalue weighted by Gasteiger charge is -2.05. The van der Waals surface area contributed by atoms with Gasteiger partial charge in [-0.1, -0.05) is 6.08 Å². The fourth-order valence-corrected chi connectivity index (χ4v) is 2.79. The third-order valence-corrected chi connectivity index (χ3v) is 4.08. The predicted molar refractivity (Wildman–Crippen MR) is 101 cm³/mol. The van der Waals surface area contributed by atoms with Crippen LogP contribution >= 0.6 is 0 Å². The molecule has 0 radical (unpaired) electrons. The number of aromatic amines is 1. The molecule has 2 rings (SSSR count). The van der Waals surface area contributed by atoms with Crippen LogP contribution in [0.4, 0.5) is 5.69 Å². The molecule has 0 aliphatic heterocycles. The van der Waals surface area contributed by atoms with E-state index in [1.54, 1.807) is 20.8 Å². The van der Waals surface area contributed by atoms with Gasteiger partial charge in [0.1, 0.15) is 5.69 Å². The number of hydrogen-bond acceptors (Lipinski definition) is 7. The van der Waals surface area contributed by atoms with Gasteiger partial charge in [-0.2, -0.15) is 0 Å². The first-order chi connectivity index (χ1) is 13.2. The smallest absolute Gasteiger partial charge is 0.355 e. The number of rotatable bonds is 7. The van der Waals surface area contributed by atoms with E-state index in [0.29, 0.717) is 22.4 Å². The lowest BCUT2D eigenvalue weighted by atomic mass is 10.0. The molecule has 2 N–H and O–H groups in total. The summed E-state index contributed by atoms with van der Waals surface area (Å²) in [6, 6.07) is 2.50. The number of phenolic OH excluding ortho intramolecular Hbond substituents is 1. The van der Waals surface area contributed by atoms with Crippen LogP contribution < -0.4 is 4.74 Å². The van der Waals surface area contributed by atoms with Crippen LogP contribution in [0, 0.1) is 24.0 Å². The fraction of sp³-hybridized carbons (Fsp3) is 0.263. The maximum Gasteiger partial charge on any atom is 0.355 e. The normalized spacial score (nSPS) is 10.9. The zero-order valence-corrected chi connectivity index (χ0v) is 15.9. The summed E-state index contributed by atoms with van der Waals surface area (Å²) in [5, 5.41) is 20.9. The number of aryl methyl sites for hydroxylation is 1. The number of allylic oxidation sites excluding steroid dienone is 1. The van der Waals surface area contributed by atoms with E-state index < -0.39 is 28.1 Å². The summed E-state index contributed by atoms with van der Waals surface area (Å²) >= 11 is 0. The molecule has 0 aliphatic carbocycles. The van der Waals surface area contributed by atoms with Crippen molar-refractivity contribution in [1.29, 1.82) is 0 Å². The Kier molecular flexibility index (Phi) is 6.19. The molecule has 148 valence electrons. The largest absolute Gasteiger partial charge is 0.500 e. The highest BCUT2D eigenvalue weighted by atomic mass is 16.6. The molecule has 0 amide bonds. The molecule has 28 heavy (non-hydrogen) atoms. The lowest BCUT2D eigenvalue weighted by Crippen LogP contribution is -2.07. The van der Waals surface area contributed by atoms with Gasteiger partial charge in [0.25, 0.3) is 0 Å². The first kappa shape index (κ1) is 20.7. The molecule has 0 unspecified atom stereocenters. The van der Waals surface area contributed by atoms with Crippen LogP contribution in [0.3, 0.4) is 0 Å². The summed E-state index contributed by atoms with van der Waals surface area (Å²) in [5.41, 5.74) is 1.25. The molecule has 9 nitrogen and oxygen atoms in total. The highest BCUT2D eigenvalue weighted by Gasteiger charge is 2.22. The number of ketones is 1. The number of nitrogens with zero attached hydrogens (tertiary/aromatic N) is 1.